The lowest BCUT2D eigenvalue weighted by molar-refractivity contribution is 0.0944. The first-order chi connectivity index (χ1) is 9.30. The molecule has 20 heavy (non-hydrogen) atoms. The number of hydrogen-bond donors (Lipinski definition) is 2. The van der Waals surface area contributed by atoms with Gasteiger partial charge in [-0.05, 0) is 39.2 Å². The molecule has 5 nitrogen and oxygen atoms in total. The van der Waals surface area contributed by atoms with E-state index in [1.807, 2.05) is 25.6 Å². The van der Waals surface area contributed by atoms with Crippen LogP contribution in [0.3, 0.4) is 0 Å². The number of anilines is 2. The van der Waals surface area contributed by atoms with Crippen LogP contribution in [0, 0.1) is 0 Å². The van der Waals surface area contributed by atoms with Crippen molar-refractivity contribution >= 4 is 40.0 Å². The van der Waals surface area contributed by atoms with E-state index in [9.17, 15) is 4.79 Å². The van der Waals surface area contributed by atoms with Crippen molar-refractivity contribution in [1.82, 2.24) is 9.69 Å². The SMILES string of the molecule is CC(C)NC(=O)c1c(N)nsc1N1CCSC(C)(C)C1. The summed E-state index contributed by atoms with van der Waals surface area (Å²) in [6, 6.07) is 0.0861. The summed E-state index contributed by atoms with van der Waals surface area (Å²) in [5.74, 6) is 1.26. The Kier molecular flexibility index (Phi) is 4.49. The van der Waals surface area contributed by atoms with Gasteiger partial charge in [0, 0.05) is 29.6 Å². The second-order valence-electron chi connectivity index (χ2n) is 5.91. The number of carbonyl (C=O) groups excluding carboxylic acids is 1. The number of rotatable bonds is 3. The van der Waals surface area contributed by atoms with E-state index in [2.05, 4.69) is 28.4 Å². The fourth-order valence-electron chi connectivity index (χ4n) is 2.25. The molecule has 0 bridgehead atoms. The Morgan fingerprint density at radius 1 is 1.50 bits per heavy atom. The van der Waals surface area contributed by atoms with Crippen LogP contribution >= 0.6 is 23.3 Å². The van der Waals surface area contributed by atoms with E-state index >= 15 is 0 Å². The molecule has 1 saturated heterocycles. The van der Waals surface area contributed by atoms with Crippen molar-refractivity contribution < 1.29 is 4.79 Å². The van der Waals surface area contributed by atoms with Gasteiger partial charge in [0.15, 0.2) is 5.82 Å². The van der Waals surface area contributed by atoms with Gasteiger partial charge in [0.25, 0.3) is 5.91 Å². The van der Waals surface area contributed by atoms with Gasteiger partial charge in [-0.2, -0.15) is 16.1 Å². The molecule has 0 unspecified atom stereocenters. The first kappa shape index (κ1) is 15.4. The molecular weight excluding hydrogens is 292 g/mol. The molecule has 0 atom stereocenters. The maximum absolute atomic E-state index is 12.3. The Morgan fingerprint density at radius 3 is 2.80 bits per heavy atom. The summed E-state index contributed by atoms with van der Waals surface area (Å²) in [4.78, 5) is 14.5. The topological polar surface area (TPSA) is 71.2 Å². The maximum Gasteiger partial charge on any atom is 0.258 e. The normalized spacial score (nSPS) is 18.4. The lowest BCUT2D eigenvalue weighted by atomic mass is 10.1. The average molecular weight is 314 g/mol. The van der Waals surface area contributed by atoms with E-state index < -0.39 is 0 Å². The first-order valence-corrected chi connectivity index (χ1v) is 8.51. The molecule has 0 aromatic carbocycles. The second kappa shape index (κ2) is 5.81. The van der Waals surface area contributed by atoms with Crippen LogP contribution in [0.1, 0.15) is 38.1 Å². The highest BCUT2D eigenvalue weighted by Crippen LogP contribution is 2.37. The van der Waals surface area contributed by atoms with Crippen LogP contribution in [0.2, 0.25) is 0 Å². The molecule has 0 spiro atoms. The van der Waals surface area contributed by atoms with Gasteiger partial charge in [0.05, 0.1) is 0 Å². The molecule has 7 heteroatoms. The van der Waals surface area contributed by atoms with E-state index in [-0.39, 0.29) is 16.7 Å². The van der Waals surface area contributed by atoms with Crippen LogP contribution in [0.4, 0.5) is 10.8 Å². The van der Waals surface area contributed by atoms with Gasteiger partial charge in [0.2, 0.25) is 0 Å². The fraction of sp³-hybridized carbons (Fsp3) is 0.692. The quantitative estimate of drug-likeness (QED) is 0.895. The van der Waals surface area contributed by atoms with Crippen LogP contribution in [-0.4, -0.2) is 39.9 Å². The largest absolute Gasteiger partial charge is 0.382 e. The minimum atomic E-state index is -0.128. The molecule has 112 valence electrons. The molecule has 1 fully saturated rings. The maximum atomic E-state index is 12.3. The van der Waals surface area contributed by atoms with Crippen LogP contribution in [0.15, 0.2) is 0 Å². The number of carbonyl (C=O) groups is 1. The van der Waals surface area contributed by atoms with Crippen molar-refractivity contribution in [3.05, 3.63) is 5.56 Å². The van der Waals surface area contributed by atoms with E-state index in [4.69, 9.17) is 5.73 Å². The molecule has 3 N–H and O–H groups in total. The summed E-state index contributed by atoms with van der Waals surface area (Å²) in [6.45, 7) is 10.2. The third-order valence-corrected chi connectivity index (χ3v) is 5.28. The number of amides is 1. The highest BCUT2D eigenvalue weighted by atomic mass is 32.2. The van der Waals surface area contributed by atoms with Gasteiger partial charge >= 0.3 is 0 Å². The third kappa shape index (κ3) is 3.38. The highest BCUT2D eigenvalue weighted by Gasteiger charge is 2.31. The van der Waals surface area contributed by atoms with Crippen molar-refractivity contribution in [2.24, 2.45) is 0 Å². The van der Waals surface area contributed by atoms with E-state index in [0.29, 0.717) is 11.4 Å². The predicted molar refractivity (Wildman–Crippen MR) is 87.9 cm³/mol. The van der Waals surface area contributed by atoms with Crippen molar-refractivity contribution in [1.29, 1.82) is 0 Å². The Morgan fingerprint density at radius 2 is 2.20 bits per heavy atom. The van der Waals surface area contributed by atoms with Gasteiger partial charge < -0.3 is 16.0 Å². The molecule has 2 rings (SSSR count). The molecule has 0 radical (unpaired) electrons. The molecule has 1 amide bonds. The van der Waals surface area contributed by atoms with Crippen LogP contribution in [0.5, 0.6) is 0 Å². The van der Waals surface area contributed by atoms with Gasteiger partial charge in [-0.25, -0.2) is 0 Å². The van der Waals surface area contributed by atoms with Crippen molar-refractivity contribution in [3.8, 4) is 0 Å². The zero-order chi connectivity index (χ0) is 14.9. The Hall–Kier alpha value is -0.950. The Labute approximate surface area is 128 Å². The van der Waals surface area contributed by atoms with Crippen LogP contribution in [-0.2, 0) is 0 Å². The van der Waals surface area contributed by atoms with Crippen molar-refractivity contribution in [2.75, 3.05) is 29.5 Å². The monoisotopic (exact) mass is 314 g/mol. The zero-order valence-electron chi connectivity index (χ0n) is 12.4. The minimum absolute atomic E-state index is 0.0861. The molecule has 0 saturated carbocycles. The molecule has 1 aromatic heterocycles. The molecule has 0 aliphatic carbocycles. The van der Waals surface area contributed by atoms with Crippen LogP contribution < -0.4 is 16.0 Å². The van der Waals surface area contributed by atoms with Gasteiger partial charge in [0.1, 0.15) is 10.6 Å². The molecular formula is C13H22N4OS2. The van der Waals surface area contributed by atoms with E-state index in [1.165, 1.54) is 11.5 Å². The van der Waals surface area contributed by atoms with Crippen molar-refractivity contribution in [2.45, 2.75) is 38.5 Å². The highest BCUT2D eigenvalue weighted by molar-refractivity contribution is 8.00. The standard InChI is InChI=1S/C13H22N4OS2/c1-8(2)15-11(18)9-10(14)16-20-12(9)17-5-6-19-13(3,4)7-17/h8H,5-7H2,1-4H3,(H2,14,16)(H,15,18). The van der Waals surface area contributed by atoms with E-state index in [1.54, 1.807) is 0 Å². The summed E-state index contributed by atoms with van der Waals surface area (Å²) in [5.41, 5.74) is 6.43. The lowest BCUT2D eigenvalue weighted by Gasteiger charge is -2.38. The number of nitrogens with two attached hydrogens (primary N) is 1. The summed E-state index contributed by atoms with van der Waals surface area (Å²) < 4.78 is 4.36. The lowest BCUT2D eigenvalue weighted by Crippen LogP contribution is -2.43. The van der Waals surface area contributed by atoms with Gasteiger partial charge in [-0.15, -0.1) is 0 Å². The number of nitrogens with zero attached hydrogens (tertiary/aromatic N) is 2. The number of aromatic nitrogens is 1. The number of nitrogen functional groups attached to an aromatic ring is 1. The summed E-state index contributed by atoms with van der Waals surface area (Å²) >= 11 is 3.28. The zero-order valence-corrected chi connectivity index (χ0v) is 14.0. The molecule has 1 aromatic rings. The minimum Gasteiger partial charge on any atom is -0.382 e. The predicted octanol–water partition coefficient (Wildman–Crippen LogP) is 2.20. The average Bonchev–Trinajstić information content (AvgIpc) is 2.69. The number of nitrogens with one attached hydrogen (secondary N) is 1. The fourth-order valence-corrected chi connectivity index (χ4v) is 4.19. The van der Waals surface area contributed by atoms with Gasteiger partial charge in [-0.3, -0.25) is 4.79 Å². The van der Waals surface area contributed by atoms with Crippen LogP contribution in [0.25, 0.3) is 0 Å². The Balaban J connectivity index is 2.26. The summed E-state index contributed by atoms with van der Waals surface area (Å²) in [5, 5.41) is 3.80. The number of hydrogen-bond acceptors (Lipinski definition) is 6. The number of thioether (sulfide) groups is 1. The molecule has 1 aliphatic heterocycles. The third-order valence-electron chi connectivity index (χ3n) is 3.06. The molecule has 1 aliphatic rings. The van der Waals surface area contributed by atoms with Gasteiger partial charge in [-0.1, -0.05) is 0 Å². The first-order valence-electron chi connectivity index (χ1n) is 6.75. The van der Waals surface area contributed by atoms with Crippen molar-refractivity contribution in [3.63, 3.8) is 0 Å². The summed E-state index contributed by atoms with van der Waals surface area (Å²) in [6.07, 6.45) is 0. The van der Waals surface area contributed by atoms with E-state index in [0.717, 1.165) is 23.8 Å². The smallest absolute Gasteiger partial charge is 0.258 e. The Bertz CT molecular complexity index is 499. The molecule has 2 heterocycles. The second-order valence-corrected chi connectivity index (χ2v) is 8.46. The summed E-state index contributed by atoms with van der Waals surface area (Å²) in [7, 11) is 0.